The number of nitrogens with zero attached hydrogens (tertiary/aromatic N) is 4. The Hall–Kier alpha value is -5.42. The number of hydrogen-bond acceptors (Lipinski definition) is 15. The Labute approximate surface area is 381 Å². The number of fused-ring (bicyclic) bond motifs is 1. The predicted octanol–water partition coefficient (Wildman–Crippen LogP) is 6.35. The summed E-state index contributed by atoms with van der Waals surface area (Å²) in [6.07, 6.45) is 1.40. The van der Waals surface area contributed by atoms with E-state index in [1.54, 1.807) is 122 Å². The van der Waals surface area contributed by atoms with Crippen LogP contribution in [0.3, 0.4) is 0 Å². The lowest BCUT2D eigenvalue weighted by atomic mass is 9.73. The number of Topliss-reactive ketones (excluding diaryl/α,β-unsaturated/α-hetero) is 1. The minimum Gasteiger partial charge on any atom is -0.461 e. The third-order valence-electron chi connectivity index (χ3n) is 13.6. The molecule has 1 N–H and O–H groups in total. The highest BCUT2D eigenvalue weighted by Crippen LogP contribution is 2.44. The third-order valence-corrected chi connectivity index (χ3v) is 13.6. The van der Waals surface area contributed by atoms with Crippen molar-refractivity contribution in [2.24, 2.45) is 23.7 Å². The third kappa shape index (κ3) is 10.5. The SMILES string of the molecule is C=CN(C)[C@H]1C[C@@H](C)OC(O[C@@H]2[C@@H](C)[C@H](OC(=O)Cc3cccnc3)[C@@H](C)C(=O)O[C@H](C)[C@@]3(C)OC(=O)N(Oc4cccc(-c5ccncc5)c4)[C@@H]3[C@@H](C)C(=O)[C@H](C)C[C@@]2(C)OC)[C@@H]1O. The van der Waals surface area contributed by atoms with Gasteiger partial charge in [0.15, 0.2) is 17.6 Å². The molecule has 0 bridgehead atoms. The van der Waals surface area contributed by atoms with Gasteiger partial charge in [0, 0.05) is 56.7 Å². The topological polar surface area (TPSA) is 185 Å². The number of benzene rings is 1. The number of amides is 1. The summed E-state index contributed by atoms with van der Waals surface area (Å²) in [5.74, 6) is -5.11. The first-order valence-electron chi connectivity index (χ1n) is 22.2. The molecule has 16 nitrogen and oxygen atoms in total. The summed E-state index contributed by atoms with van der Waals surface area (Å²) in [6.45, 7) is 17.5. The van der Waals surface area contributed by atoms with E-state index in [9.17, 15) is 24.3 Å². The number of aliphatic hydroxyl groups excluding tert-OH is 1. The molecule has 6 rings (SSSR count). The van der Waals surface area contributed by atoms with Gasteiger partial charge >= 0.3 is 18.0 Å². The maximum absolute atomic E-state index is 15.0. The number of aromatic nitrogens is 2. The average molecular weight is 901 g/mol. The van der Waals surface area contributed by atoms with Crippen molar-refractivity contribution < 1.29 is 57.5 Å². The Morgan fingerprint density at radius 3 is 2.37 bits per heavy atom. The van der Waals surface area contributed by atoms with Crippen LogP contribution in [0.5, 0.6) is 5.75 Å². The summed E-state index contributed by atoms with van der Waals surface area (Å²) >= 11 is 0. The maximum atomic E-state index is 15.0. The van der Waals surface area contributed by atoms with E-state index in [1.807, 2.05) is 25.1 Å². The first kappa shape index (κ1) is 49.0. The maximum Gasteiger partial charge on any atom is 0.444 e. The summed E-state index contributed by atoms with van der Waals surface area (Å²) in [6, 6.07) is 12.7. The number of methoxy groups -OCH3 is 1. The number of esters is 2. The fraction of sp³-hybridized carbons (Fsp3) is 0.551. The number of hydroxylamine groups is 2. The Balaban J connectivity index is 1.42. The molecule has 3 aliphatic heterocycles. The van der Waals surface area contributed by atoms with Gasteiger partial charge in [-0.25, -0.2) is 4.79 Å². The Bertz CT molecular complexity index is 2150. The smallest absolute Gasteiger partial charge is 0.444 e. The second-order valence-electron chi connectivity index (χ2n) is 18.2. The minimum atomic E-state index is -1.62. The van der Waals surface area contributed by atoms with Gasteiger partial charge in [-0.2, -0.15) is 0 Å². The summed E-state index contributed by atoms with van der Waals surface area (Å²) in [5, 5.41) is 12.8. The number of likely N-dealkylation sites (N-methyl/N-ethyl adjacent to an activating group) is 1. The molecule has 352 valence electrons. The fourth-order valence-corrected chi connectivity index (χ4v) is 9.66. The number of hydrogen-bond donors (Lipinski definition) is 1. The van der Waals surface area contributed by atoms with Crippen molar-refractivity contribution in [1.29, 1.82) is 0 Å². The quantitative estimate of drug-likeness (QED) is 0.166. The van der Waals surface area contributed by atoms with Gasteiger partial charge in [-0.15, -0.1) is 5.06 Å². The van der Waals surface area contributed by atoms with Crippen molar-refractivity contribution >= 4 is 23.8 Å². The van der Waals surface area contributed by atoms with Crippen molar-refractivity contribution in [3.05, 3.63) is 91.7 Å². The molecule has 1 unspecified atom stereocenters. The van der Waals surface area contributed by atoms with Crippen molar-refractivity contribution in [3.8, 4) is 16.9 Å². The van der Waals surface area contributed by atoms with Crippen molar-refractivity contribution in [1.82, 2.24) is 19.9 Å². The molecule has 3 aliphatic rings. The molecular formula is C49H64N4O12. The lowest BCUT2D eigenvalue weighted by Gasteiger charge is -2.48. The van der Waals surface area contributed by atoms with Crippen LogP contribution in [0.1, 0.15) is 73.8 Å². The van der Waals surface area contributed by atoms with E-state index in [1.165, 1.54) is 7.11 Å². The molecule has 3 saturated heterocycles. The zero-order valence-corrected chi connectivity index (χ0v) is 39.0. The molecule has 5 heterocycles. The first-order chi connectivity index (χ1) is 30.8. The van der Waals surface area contributed by atoms with Gasteiger partial charge in [-0.05, 0) is 101 Å². The van der Waals surface area contributed by atoms with Crippen molar-refractivity contribution in [2.75, 3.05) is 14.2 Å². The van der Waals surface area contributed by atoms with Crippen LogP contribution in [0.4, 0.5) is 4.79 Å². The molecule has 16 heteroatoms. The summed E-state index contributed by atoms with van der Waals surface area (Å²) < 4.78 is 38.1. The molecule has 3 aromatic rings. The van der Waals surface area contributed by atoms with Crippen LogP contribution < -0.4 is 4.84 Å². The minimum absolute atomic E-state index is 0.0494. The Morgan fingerprint density at radius 2 is 1.71 bits per heavy atom. The second kappa shape index (κ2) is 20.4. The predicted molar refractivity (Wildman–Crippen MR) is 237 cm³/mol. The number of ether oxygens (including phenoxy) is 6. The van der Waals surface area contributed by atoms with Gasteiger partial charge in [-0.3, -0.25) is 24.4 Å². The second-order valence-corrected chi connectivity index (χ2v) is 18.2. The highest BCUT2D eigenvalue weighted by Gasteiger charge is 2.61. The van der Waals surface area contributed by atoms with Crippen LogP contribution in [0, 0.1) is 23.7 Å². The molecule has 1 amide bonds. The molecule has 1 aromatic carbocycles. The van der Waals surface area contributed by atoms with Crippen molar-refractivity contribution in [3.63, 3.8) is 0 Å². The molecule has 0 radical (unpaired) electrons. The van der Waals surface area contributed by atoms with Crippen LogP contribution in [0.2, 0.25) is 0 Å². The molecule has 14 atom stereocenters. The van der Waals surface area contributed by atoms with E-state index in [4.69, 9.17) is 33.3 Å². The van der Waals surface area contributed by atoms with Gasteiger partial charge in [-0.1, -0.05) is 45.5 Å². The largest absolute Gasteiger partial charge is 0.461 e. The lowest BCUT2D eigenvalue weighted by Crippen LogP contribution is -2.61. The summed E-state index contributed by atoms with van der Waals surface area (Å²) in [4.78, 5) is 73.8. The summed E-state index contributed by atoms with van der Waals surface area (Å²) in [7, 11) is 3.29. The van der Waals surface area contributed by atoms with Crippen LogP contribution in [0.15, 0.2) is 86.1 Å². The van der Waals surface area contributed by atoms with Crippen LogP contribution in [0.25, 0.3) is 11.1 Å². The van der Waals surface area contributed by atoms with Crippen LogP contribution in [-0.2, 0) is 49.2 Å². The zero-order valence-electron chi connectivity index (χ0n) is 39.0. The van der Waals surface area contributed by atoms with Gasteiger partial charge in [0.05, 0.1) is 36.2 Å². The van der Waals surface area contributed by atoms with E-state index in [2.05, 4.69) is 16.5 Å². The first-order valence-corrected chi connectivity index (χ1v) is 22.2. The van der Waals surface area contributed by atoms with E-state index >= 15 is 0 Å². The number of rotatable bonds is 11. The molecule has 65 heavy (non-hydrogen) atoms. The Morgan fingerprint density at radius 1 is 0.985 bits per heavy atom. The molecule has 0 saturated carbocycles. The fourth-order valence-electron chi connectivity index (χ4n) is 9.66. The standard InChI is InChI=1S/C49H64N4O12/c1-12-52(10)38-23-29(3)60-46(41(38)56)63-44-31(5)42(62-39(54)24-34-15-14-20-51-27-34)32(6)45(57)61-33(7)49(9)43(30(4)40(55)28(2)26-48(44,8)59-11)53(47(58)64-49)65-37-17-13-16-36(25-37)35-18-21-50-22-19-35/h12-22,25,27-33,38,41-44,46,56H,1,23-24,26H2,2-11H3/t28-,29-,30+,31+,32-,33-,38+,41-,42+,43-,44-,46?,48-,49-/m1/s1. The van der Waals surface area contributed by atoms with Gasteiger partial charge in [0.2, 0.25) is 0 Å². The van der Waals surface area contributed by atoms with Gasteiger partial charge in [0.1, 0.15) is 30.1 Å². The number of ketones is 1. The molecule has 3 fully saturated rings. The highest BCUT2D eigenvalue weighted by atomic mass is 16.8. The number of cyclic esters (lactones) is 1. The molecule has 0 spiro atoms. The zero-order chi connectivity index (χ0) is 47.4. The highest BCUT2D eigenvalue weighted by molar-refractivity contribution is 5.85. The lowest BCUT2D eigenvalue weighted by molar-refractivity contribution is -0.301. The number of aliphatic hydroxyl groups is 1. The molecular weight excluding hydrogens is 837 g/mol. The van der Waals surface area contributed by atoms with Crippen molar-refractivity contribution in [2.45, 2.75) is 135 Å². The van der Waals surface area contributed by atoms with E-state index in [0.29, 0.717) is 17.7 Å². The van der Waals surface area contributed by atoms with E-state index in [0.717, 1.165) is 16.2 Å². The number of pyridine rings is 2. The van der Waals surface area contributed by atoms with Crippen LogP contribution in [-0.4, -0.2) is 123 Å². The number of carbonyl (C=O) groups is 4. The van der Waals surface area contributed by atoms with Gasteiger partial charge < -0.3 is 43.3 Å². The average Bonchev–Trinajstić information content (AvgIpc) is 3.55. The van der Waals surface area contributed by atoms with Gasteiger partial charge in [0.25, 0.3) is 0 Å². The number of carbonyl (C=O) groups excluding carboxylic acids is 4. The monoisotopic (exact) mass is 900 g/mol. The summed E-state index contributed by atoms with van der Waals surface area (Å²) in [5.41, 5.74) is -0.727. The van der Waals surface area contributed by atoms with E-state index in [-0.39, 0.29) is 24.7 Å². The normalized spacial score (nSPS) is 34.6. The molecule has 2 aromatic heterocycles. The van der Waals surface area contributed by atoms with Crippen LogP contribution >= 0.6 is 0 Å². The van der Waals surface area contributed by atoms with E-state index < -0.39 is 95.7 Å². The molecule has 0 aliphatic carbocycles. The Kier molecular flexibility index (Phi) is 15.4.